The molecule has 1 N–H and O–H groups in total. The van der Waals surface area contributed by atoms with Crippen molar-refractivity contribution in [1.29, 1.82) is 0 Å². The molecule has 0 aromatic carbocycles. The summed E-state index contributed by atoms with van der Waals surface area (Å²) >= 11 is 0. The predicted octanol–water partition coefficient (Wildman–Crippen LogP) is 1.60. The minimum Gasteiger partial charge on any atom is -0.304 e. The first kappa shape index (κ1) is 12.2. The van der Waals surface area contributed by atoms with Crippen LogP contribution in [0.4, 0.5) is 0 Å². The van der Waals surface area contributed by atoms with E-state index in [4.69, 9.17) is 6.42 Å². The van der Waals surface area contributed by atoms with Crippen LogP contribution in [0.3, 0.4) is 0 Å². The average Bonchev–Trinajstić information content (AvgIpc) is 2.01. The lowest BCUT2D eigenvalue weighted by Gasteiger charge is -2.19. The molecule has 1 unspecified atom stereocenters. The molecular weight excluding hydrogens is 162 g/mol. The molecular formula is C11H19NO. The molecule has 0 amide bonds. The van der Waals surface area contributed by atoms with Crippen LogP contribution in [0.25, 0.3) is 0 Å². The van der Waals surface area contributed by atoms with Crippen LogP contribution >= 0.6 is 0 Å². The monoisotopic (exact) mass is 181 g/mol. The number of ketones is 1. The highest BCUT2D eigenvalue weighted by Gasteiger charge is 2.20. The molecule has 0 rings (SSSR count). The SMILES string of the molecule is C#CCC(NC(C)C)C(=O)C(C)C. The molecule has 0 aliphatic rings. The second-order valence-corrected chi connectivity index (χ2v) is 3.84. The minimum absolute atomic E-state index is 0.0459. The molecule has 2 nitrogen and oxygen atoms in total. The van der Waals surface area contributed by atoms with Crippen LogP contribution in [0.1, 0.15) is 34.1 Å². The van der Waals surface area contributed by atoms with Gasteiger partial charge in [-0.05, 0) is 0 Å². The fourth-order valence-electron chi connectivity index (χ4n) is 1.16. The van der Waals surface area contributed by atoms with Gasteiger partial charge < -0.3 is 5.32 Å². The van der Waals surface area contributed by atoms with Crippen LogP contribution in [-0.4, -0.2) is 17.9 Å². The summed E-state index contributed by atoms with van der Waals surface area (Å²) in [7, 11) is 0. The van der Waals surface area contributed by atoms with Gasteiger partial charge >= 0.3 is 0 Å². The lowest BCUT2D eigenvalue weighted by molar-refractivity contribution is -0.124. The minimum atomic E-state index is -0.176. The molecule has 0 saturated heterocycles. The van der Waals surface area contributed by atoms with Crippen LogP contribution in [0.2, 0.25) is 0 Å². The van der Waals surface area contributed by atoms with Gasteiger partial charge in [0.05, 0.1) is 6.04 Å². The molecule has 0 saturated carbocycles. The molecule has 0 aromatic heterocycles. The quantitative estimate of drug-likeness (QED) is 0.653. The Bertz CT molecular complexity index is 201. The summed E-state index contributed by atoms with van der Waals surface area (Å²) in [6.07, 6.45) is 5.68. The summed E-state index contributed by atoms with van der Waals surface area (Å²) in [5.41, 5.74) is 0. The zero-order valence-electron chi connectivity index (χ0n) is 8.92. The summed E-state index contributed by atoms with van der Waals surface area (Å²) in [5, 5.41) is 3.17. The third-order valence-electron chi connectivity index (χ3n) is 1.77. The van der Waals surface area contributed by atoms with Gasteiger partial charge in [-0.25, -0.2) is 0 Å². The number of carbonyl (C=O) groups is 1. The Morgan fingerprint density at radius 1 is 1.38 bits per heavy atom. The Morgan fingerprint density at radius 3 is 2.23 bits per heavy atom. The van der Waals surface area contributed by atoms with Crippen molar-refractivity contribution in [2.45, 2.75) is 46.2 Å². The highest BCUT2D eigenvalue weighted by atomic mass is 16.1. The predicted molar refractivity (Wildman–Crippen MR) is 55.4 cm³/mol. The maximum absolute atomic E-state index is 11.6. The number of nitrogens with one attached hydrogen (secondary N) is 1. The Morgan fingerprint density at radius 2 is 1.92 bits per heavy atom. The Hall–Kier alpha value is -0.810. The van der Waals surface area contributed by atoms with Crippen LogP contribution in [-0.2, 0) is 4.79 Å². The topological polar surface area (TPSA) is 29.1 Å². The van der Waals surface area contributed by atoms with E-state index >= 15 is 0 Å². The Labute approximate surface area is 81.1 Å². The molecule has 0 aromatic rings. The van der Waals surface area contributed by atoms with Gasteiger partial charge in [-0.3, -0.25) is 4.79 Å². The fraction of sp³-hybridized carbons (Fsp3) is 0.727. The maximum atomic E-state index is 11.6. The number of Topliss-reactive ketones (excluding diaryl/α,β-unsaturated/α-hetero) is 1. The highest BCUT2D eigenvalue weighted by Crippen LogP contribution is 2.03. The second-order valence-electron chi connectivity index (χ2n) is 3.84. The molecule has 2 heteroatoms. The Balaban J connectivity index is 4.25. The standard InChI is InChI=1S/C11H19NO/c1-6-7-10(12-9(4)5)11(13)8(2)3/h1,8-10,12H,7H2,2-5H3. The van der Waals surface area contributed by atoms with Gasteiger partial charge in [0.2, 0.25) is 0 Å². The van der Waals surface area contributed by atoms with Gasteiger partial charge in [0.1, 0.15) is 0 Å². The lowest BCUT2D eigenvalue weighted by Crippen LogP contribution is -2.42. The van der Waals surface area contributed by atoms with E-state index in [9.17, 15) is 4.79 Å². The van der Waals surface area contributed by atoms with Crippen molar-refractivity contribution in [3.05, 3.63) is 0 Å². The highest BCUT2D eigenvalue weighted by molar-refractivity contribution is 5.86. The molecule has 0 bridgehead atoms. The van der Waals surface area contributed by atoms with E-state index < -0.39 is 0 Å². The van der Waals surface area contributed by atoms with Gasteiger partial charge in [-0.15, -0.1) is 12.3 Å². The summed E-state index contributed by atoms with van der Waals surface area (Å²) in [5.74, 6) is 2.77. The van der Waals surface area contributed by atoms with E-state index in [1.165, 1.54) is 0 Å². The fourth-order valence-corrected chi connectivity index (χ4v) is 1.16. The normalized spacial score (nSPS) is 13.0. The van der Waals surface area contributed by atoms with Crippen molar-refractivity contribution in [2.75, 3.05) is 0 Å². The van der Waals surface area contributed by atoms with Crippen molar-refractivity contribution in [3.8, 4) is 12.3 Å². The van der Waals surface area contributed by atoms with Crippen LogP contribution < -0.4 is 5.32 Å². The molecule has 1 atom stereocenters. The van der Waals surface area contributed by atoms with Crippen LogP contribution in [0, 0.1) is 18.3 Å². The van der Waals surface area contributed by atoms with E-state index in [0.29, 0.717) is 12.5 Å². The van der Waals surface area contributed by atoms with Crippen molar-refractivity contribution in [1.82, 2.24) is 5.32 Å². The van der Waals surface area contributed by atoms with E-state index in [1.54, 1.807) is 0 Å². The average molecular weight is 181 g/mol. The van der Waals surface area contributed by atoms with Gasteiger partial charge in [0, 0.05) is 18.4 Å². The van der Waals surface area contributed by atoms with Crippen molar-refractivity contribution in [3.63, 3.8) is 0 Å². The third-order valence-corrected chi connectivity index (χ3v) is 1.77. The second kappa shape index (κ2) is 5.77. The largest absolute Gasteiger partial charge is 0.304 e. The smallest absolute Gasteiger partial charge is 0.153 e. The molecule has 0 aliphatic carbocycles. The number of terminal acetylenes is 1. The van der Waals surface area contributed by atoms with Gasteiger partial charge in [-0.2, -0.15) is 0 Å². The first-order valence-electron chi connectivity index (χ1n) is 4.72. The summed E-state index contributed by atoms with van der Waals surface area (Å²) < 4.78 is 0. The number of carbonyl (C=O) groups excluding carboxylic acids is 1. The Kier molecular flexibility index (Phi) is 5.41. The summed E-state index contributed by atoms with van der Waals surface area (Å²) in [6.45, 7) is 7.82. The molecule has 0 aliphatic heterocycles. The molecule has 74 valence electrons. The van der Waals surface area contributed by atoms with E-state index in [2.05, 4.69) is 11.2 Å². The zero-order chi connectivity index (χ0) is 10.4. The number of rotatable bonds is 5. The van der Waals surface area contributed by atoms with Gasteiger partial charge in [0.15, 0.2) is 5.78 Å². The molecule has 0 heterocycles. The van der Waals surface area contributed by atoms with E-state index in [-0.39, 0.29) is 17.7 Å². The van der Waals surface area contributed by atoms with E-state index in [0.717, 1.165) is 0 Å². The first-order valence-corrected chi connectivity index (χ1v) is 4.72. The van der Waals surface area contributed by atoms with Crippen LogP contribution in [0.15, 0.2) is 0 Å². The van der Waals surface area contributed by atoms with Crippen LogP contribution in [0.5, 0.6) is 0 Å². The van der Waals surface area contributed by atoms with E-state index in [1.807, 2.05) is 27.7 Å². The maximum Gasteiger partial charge on any atom is 0.153 e. The lowest BCUT2D eigenvalue weighted by atomic mass is 9.99. The molecule has 0 radical (unpaired) electrons. The zero-order valence-corrected chi connectivity index (χ0v) is 8.92. The van der Waals surface area contributed by atoms with Gasteiger partial charge in [0.25, 0.3) is 0 Å². The van der Waals surface area contributed by atoms with Crippen molar-refractivity contribution >= 4 is 5.78 Å². The molecule has 0 spiro atoms. The number of hydrogen-bond acceptors (Lipinski definition) is 2. The number of hydrogen-bond donors (Lipinski definition) is 1. The summed E-state index contributed by atoms with van der Waals surface area (Å²) in [6, 6.07) is 0.117. The van der Waals surface area contributed by atoms with Gasteiger partial charge in [-0.1, -0.05) is 27.7 Å². The molecule has 0 fully saturated rings. The summed E-state index contributed by atoms with van der Waals surface area (Å²) in [4.78, 5) is 11.6. The van der Waals surface area contributed by atoms with Crippen molar-refractivity contribution < 1.29 is 4.79 Å². The third kappa shape index (κ3) is 4.69. The first-order chi connectivity index (χ1) is 5.99. The van der Waals surface area contributed by atoms with Crippen molar-refractivity contribution in [2.24, 2.45) is 5.92 Å². The molecule has 13 heavy (non-hydrogen) atoms.